The summed E-state index contributed by atoms with van der Waals surface area (Å²) in [4.78, 5) is 37.4. The third-order valence-corrected chi connectivity index (χ3v) is 6.56. The Hall–Kier alpha value is -4.21. The molecule has 0 spiro atoms. The summed E-state index contributed by atoms with van der Waals surface area (Å²) in [7, 11) is 7.32. The summed E-state index contributed by atoms with van der Waals surface area (Å²) in [6, 6.07) is 8.69. The van der Waals surface area contributed by atoms with E-state index in [1.165, 1.54) is 11.0 Å². The maximum absolute atomic E-state index is 12.7. The Kier molecular flexibility index (Phi) is 9.98. The van der Waals surface area contributed by atoms with Crippen LogP contribution in [0.2, 0.25) is 0 Å². The molecule has 0 saturated heterocycles. The number of nitrogens with one attached hydrogen (secondary N) is 2. The lowest BCUT2D eigenvalue weighted by atomic mass is 9.72. The molecule has 198 valence electrons. The van der Waals surface area contributed by atoms with Crippen molar-refractivity contribution in [2.24, 2.45) is 11.8 Å². The zero-order chi connectivity index (χ0) is 27.7. The Bertz CT molecular complexity index is 1260. The number of carbonyl (C=O) groups is 2. The van der Waals surface area contributed by atoms with Gasteiger partial charge < -0.3 is 20.4 Å². The second-order valence-corrected chi connectivity index (χ2v) is 9.78. The normalized spacial score (nSPS) is 17.1. The van der Waals surface area contributed by atoms with E-state index in [-0.39, 0.29) is 23.5 Å². The molecule has 0 unspecified atom stereocenters. The Balaban J connectivity index is 1.50. The third kappa shape index (κ3) is 7.89. The van der Waals surface area contributed by atoms with Gasteiger partial charge in [0.2, 0.25) is 11.9 Å². The molecule has 2 aromatic rings. The van der Waals surface area contributed by atoms with Crippen molar-refractivity contribution in [2.45, 2.75) is 32.2 Å². The van der Waals surface area contributed by atoms with Crippen LogP contribution in [0.4, 0.5) is 17.5 Å². The average Bonchev–Trinajstić information content (AvgIpc) is 2.89. The molecule has 1 atom stereocenters. The maximum Gasteiger partial charge on any atom is 0.246 e. The van der Waals surface area contributed by atoms with E-state index in [4.69, 9.17) is 5.26 Å². The van der Waals surface area contributed by atoms with Crippen LogP contribution in [0, 0.1) is 35.0 Å². The highest BCUT2D eigenvalue weighted by molar-refractivity contribution is 5.93. The number of Topliss-reactive ketones (excluding diaryl/α,β-unsaturated/α-hetero) is 1. The first-order valence-electron chi connectivity index (χ1n) is 12.6. The number of benzene rings is 1. The highest BCUT2D eigenvalue weighted by atomic mass is 16.2. The van der Waals surface area contributed by atoms with Gasteiger partial charge in [-0.25, -0.2) is 4.98 Å². The van der Waals surface area contributed by atoms with Crippen molar-refractivity contribution >= 4 is 29.1 Å². The van der Waals surface area contributed by atoms with E-state index in [2.05, 4.69) is 38.5 Å². The molecule has 0 radical (unpaired) electrons. The Morgan fingerprint density at radius 1 is 1.21 bits per heavy atom. The number of anilines is 3. The molecule has 1 fully saturated rings. The first kappa shape index (κ1) is 28.4. The molecule has 0 bridgehead atoms. The van der Waals surface area contributed by atoms with Gasteiger partial charge in [0.15, 0.2) is 5.78 Å². The fourth-order valence-corrected chi connectivity index (χ4v) is 4.03. The molecule has 1 amide bonds. The van der Waals surface area contributed by atoms with E-state index in [0.717, 1.165) is 18.5 Å². The Morgan fingerprint density at radius 3 is 2.55 bits per heavy atom. The van der Waals surface area contributed by atoms with Gasteiger partial charge in [0, 0.05) is 44.7 Å². The molecule has 1 aliphatic rings. The number of hydrogen-bond donors (Lipinski definition) is 2. The first-order chi connectivity index (χ1) is 18.2. The standard InChI is InChI=1S/C29H35N7O2/c1-20(36(5)27(38)7-6-14-35(3)4)26(37)17-23-15-22(16-23)8-11-24-19-32-29(34-28(24)31-2)33-25-12-9-21(18-30)10-13-25/h6-7,9-10,12-13,19-20,22-23H,14-17H2,1-5H3,(H2,31,32,33,34)/b7-6+/t20-,22?,23?/m0/s1. The van der Waals surface area contributed by atoms with Gasteiger partial charge in [0.1, 0.15) is 5.82 Å². The lowest BCUT2D eigenvalue weighted by Crippen LogP contribution is -2.41. The molecule has 1 aliphatic carbocycles. The minimum absolute atomic E-state index is 0.0782. The van der Waals surface area contributed by atoms with Gasteiger partial charge >= 0.3 is 0 Å². The van der Waals surface area contributed by atoms with E-state index in [1.54, 1.807) is 57.6 Å². The molecule has 2 N–H and O–H groups in total. The Morgan fingerprint density at radius 2 is 1.92 bits per heavy atom. The summed E-state index contributed by atoms with van der Waals surface area (Å²) in [5.74, 6) is 7.94. The highest BCUT2D eigenvalue weighted by Gasteiger charge is 2.32. The van der Waals surface area contributed by atoms with Crippen LogP contribution in [-0.2, 0) is 9.59 Å². The number of amides is 1. The summed E-state index contributed by atoms with van der Waals surface area (Å²) >= 11 is 0. The highest BCUT2D eigenvalue weighted by Crippen LogP contribution is 2.36. The van der Waals surface area contributed by atoms with Crippen LogP contribution < -0.4 is 10.6 Å². The van der Waals surface area contributed by atoms with Crippen LogP contribution in [0.3, 0.4) is 0 Å². The van der Waals surface area contributed by atoms with Crippen molar-refractivity contribution in [3.8, 4) is 17.9 Å². The zero-order valence-electron chi connectivity index (χ0n) is 22.7. The van der Waals surface area contributed by atoms with Gasteiger partial charge in [0.05, 0.1) is 29.4 Å². The molecule has 1 aromatic heterocycles. The largest absolute Gasteiger partial charge is 0.372 e. The summed E-state index contributed by atoms with van der Waals surface area (Å²) in [6.45, 7) is 2.46. The zero-order valence-corrected chi connectivity index (χ0v) is 22.7. The maximum atomic E-state index is 12.7. The van der Waals surface area contributed by atoms with Gasteiger partial charge in [-0.15, -0.1) is 0 Å². The van der Waals surface area contributed by atoms with E-state index < -0.39 is 6.04 Å². The summed E-state index contributed by atoms with van der Waals surface area (Å²) < 4.78 is 0. The van der Waals surface area contributed by atoms with Crippen molar-refractivity contribution < 1.29 is 9.59 Å². The number of rotatable bonds is 10. The van der Waals surface area contributed by atoms with Crippen LogP contribution in [-0.4, -0.2) is 72.2 Å². The van der Waals surface area contributed by atoms with Crippen molar-refractivity contribution in [3.05, 3.63) is 53.7 Å². The van der Waals surface area contributed by atoms with Crippen molar-refractivity contribution in [1.82, 2.24) is 19.8 Å². The van der Waals surface area contributed by atoms with Crippen LogP contribution in [0.25, 0.3) is 0 Å². The SMILES string of the molecule is CNc1nc(Nc2ccc(C#N)cc2)ncc1C#CC1CC(CC(=O)[C@H](C)N(C)C(=O)/C=C/CN(C)C)C1. The predicted octanol–water partition coefficient (Wildman–Crippen LogP) is 3.44. The number of likely N-dealkylation sites (N-methyl/N-ethyl adjacent to an activating group) is 2. The van der Waals surface area contributed by atoms with E-state index in [9.17, 15) is 9.59 Å². The monoisotopic (exact) mass is 513 g/mol. The molecule has 1 aromatic carbocycles. The molecule has 3 rings (SSSR count). The number of ketones is 1. The second kappa shape index (κ2) is 13.4. The van der Waals surface area contributed by atoms with Crippen LogP contribution in [0.5, 0.6) is 0 Å². The fourth-order valence-electron chi connectivity index (χ4n) is 4.03. The number of nitriles is 1. The molecule has 9 heteroatoms. The van der Waals surface area contributed by atoms with Gasteiger partial charge in [-0.2, -0.15) is 10.2 Å². The number of hydrogen-bond acceptors (Lipinski definition) is 8. The number of carbonyl (C=O) groups excluding carboxylic acids is 2. The van der Waals surface area contributed by atoms with E-state index in [0.29, 0.717) is 35.9 Å². The van der Waals surface area contributed by atoms with Gasteiger partial charge in [-0.3, -0.25) is 9.59 Å². The first-order valence-corrected chi connectivity index (χ1v) is 12.6. The molecule has 0 aliphatic heterocycles. The molecule has 1 saturated carbocycles. The van der Waals surface area contributed by atoms with E-state index in [1.807, 2.05) is 19.0 Å². The summed E-state index contributed by atoms with van der Waals surface area (Å²) in [5, 5.41) is 15.1. The third-order valence-electron chi connectivity index (χ3n) is 6.56. The van der Waals surface area contributed by atoms with Crippen molar-refractivity contribution in [3.63, 3.8) is 0 Å². The molecule has 9 nitrogen and oxygen atoms in total. The van der Waals surface area contributed by atoms with Crippen LogP contribution in [0.1, 0.15) is 37.3 Å². The molecule has 38 heavy (non-hydrogen) atoms. The minimum Gasteiger partial charge on any atom is -0.372 e. The lowest BCUT2D eigenvalue weighted by molar-refractivity contribution is -0.134. The van der Waals surface area contributed by atoms with Crippen LogP contribution in [0.15, 0.2) is 42.6 Å². The minimum atomic E-state index is -0.455. The fraction of sp³-hybridized carbons (Fsp3) is 0.414. The smallest absolute Gasteiger partial charge is 0.246 e. The lowest BCUT2D eigenvalue weighted by Gasteiger charge is -2.33. The average molecular weight is 514 g/mol. The molecule has 1 heterocycles. The predicted molar refractivity (Wildman–Crippen MR) is 149 cm³/mol. The number of nitrogens with zero attached hydrogens (tertiary/aromatic N) is 5. The van der Waals surface area contributed by atoms with Gasteiger partial charge in [-0.05, 0) is 64.0 Å². The van der Waals surface area contributed by atoms with Gasteiger partial charge in [-0.1, -0.05) is 17.9 Å². The quantitative estimate of drug-likeness (QED) is 0.367. The molecular weight excluding hydrogens is 478 g/mol. The summed E-state index contributed by atoms with van der Waals surface area (Å²) in [6.07, 6.45) is 7.19. The van der Waals surface area contributed by atoms with Crippen LogP contribution >= 0.6 is 0 Å². The number of aromatic nitrogens is 2. The van der Waals surface area contributed by atoms with Gasteiger partial charge in [0.25, 0.3) is 0 Å². The summed E-state index contributed by atoms with van der Waals surface area (Å²) in [5.41, 5.74) is 2.07. The van der Waals surface area contributed by atoms with Crippen molar-refractivity contribution in [1.29, 1.82) is 5.26 Å². The second-order valence-electron chi connectivity index (χ2n) is 9.78. The van der Waals surface area contributed by atoms with E-state index >= 15 is 0 Å². The van der Waals surface area contributed by atoms with Crippen molar-refractivity contribution in [2.75, 3.05) is 45.4 Å². The Labute approximate surface area is 225 Å². The topological polar surface area (TPSA) is 114 Å². The molecular formula is C29H35N7O2.